The second-order valence-corrected chi connectivity index (χ2v) is 5.71. The van der Waals surface area contributed by atoms with E-state index in [-0.39, 0.29) is 12.0 Å². The molecule has 1 heterocycles. The van der Waals surface area contributed by atoms with Crippen LogP contribution in [0, 0.1) is 20.8 Å². The number of carbonyl (C=O) groups excluding carboxylic acids is 1. The van der Waals surface area contributed by atoms with Gasteiger partial charge >= 0.3 is 5.97 Å². The van der Waals surface area contributed by atoms with Crippen molar-refractivity contribution >= 4 is 11.8 Å². The number of anilines is 1. The van der Waals surface area contributed by atoms with E-state index in [9.17, 15) is 4.79 Å². The minimum absolute atomic E-state index is 0.120. The SMILES string of the molecule is COC(=O)c1ccc(C(C)N(C)c2nc(C)nc(C)c2C)cc1. The molecule has 0 radical (unpaired) electrons. The smallest absolute Gasteiger partial charge is 0.337 e. The van der Waals surface area contributed by atoms with E-state index in [4.69, 9.17) is 4.74 Å². The van der Waals surface area contributed by atoms with Crippen molar-refractivity contribution in [3.8, 4) is 0 Å². The van der Waals surface area contributed by atoms with E-state index in [0.717, 1.165) is 28.5 Å². The van der Waals surface area contributed by atoms with E-state index < -0.39 is 0 Å². The molecule has 122 valence electrons. The monoisotopic (exact) mass is 313 g/mol. The Morgan fingerprint density at radius 3 is 2.30 bits per heavy atom. The molecule has 0 bridgehead atoms. The number of benzene rings is 1. The maximum atomic E-state index is 11.5. The topological polar surface area (TPSA) is 55.3 Å². The molecule has 1 aromatic heterocycles. The van der Waals surface area contributed by atoms with Gasteiger partial charge in [0.05, 0.1) is 18.7 Å². The summed E-state index contributed by atoms with van der Waals surface area (Å²) in [6, 6.07) is 7.59. The Labute approximate surface area is 137 Å². The molecule has 0 N–H and O–H groups in total. The van der Waals surface area contributed by atoms with Gasteiger partial charge in [0.1, 0.15) is 11.6 Å². The van der Waals surface area contributed by atoms with Crippen LogP contribution in [0.15, 0.2) is 24.3 Å². The van der Waals surface area contributed by atoms with Crippen LogP contribution in [0.1, 0.15) is 46.0 Å². The third-order valence-electron chi connectivity index (χ3n) is 4.20. The summed E-state index contributed by atoms with van der Waals surface area (Å²) in [6.45, 7) is 8.05. The van der Waals surface area contributed by atoms with Gasteiger partial charge in [-0.2, -0.15) is 0 Å². The van der Waals surface area contributed by atoms with Gasteiger partial charge in [0.25, 0.3) is 0 Å². The highest BCUT2D eigenvalue weighted by molar-refractivity contribution is 5.89. The first-order valence-corrected chi connectivity index (χ1v) is 7.58. The zero-order valence-electron chi connectivity index (χ0n) is 14.5. The number of ether oxygens (including phenoxy) is 1. The molecule has 0 aliphatic rings. The molecule has 0 fully saturated rings. The number of nitrogens with zero attached hydrogens (tertiary/aromatic N) is 3. The first-order valence-electron chi connectivity index (χ1n) is 7.58. The van der Waals surface area contributed by atoms with Crippen LogP contribution in [0.25, 0.3) is 0 Å². The van der Waals surface area contributed by atoms with E-state index >= 15 is 0 Å². The average molecular weight is 313 g/mol. The lowest BCUT2D eigenvalue weighted by atomic mass is 10.0. The summed E-state index contributed by atoms with van der Waals surface area (Å²) in [5.41, 5.74) is 3.73. The van der Waals surface area contributed by atoms with Crippen LogP contribution in [-0.2, 0) is 4.74 Å². The highest BCUT2D eigenvalue weighted by atomic mass is 16.5. The van der Waals surface area contributed by atoms with Crippen molar-refractivity contribution in [3.05, 3.63) is 52.5 Å². The maximum Gasteiger partial charge on any atom is 0.337 e. The van der Waals surface area contributed by atoms with Crippen LogP contribution >= 0.6 is 0 Å². The normalized spacial score (nSPS) is 11.9. The predicted molar refractivity (Wildman–Crippen MR) is 90.8 cm³/mol. The summed E-state index contributed by atoms with van der Waals surface area (Å²) < 4.78 is 4.73. The Morgan fingerprint density at radius 1 is 1.13 bits per heavy atom. The van der Waals surface area contributed by atoms with E-state index in [1.165, 1.54) is 7.11 Å². The molecule has 0 amide bonds. The summed E-state index contributed by atoms with van der Waals surface area (Å²) in [7, 11) is 3.41. The standard InChI is InChI=1S/C18H23N3O2/c1-11-12(2)19-14(4)20-17(11)21(5)13(3)15-7-9-16(10-8-15)18(22)23-6/h7-10,13H,1-6H3. The van der Waals surface area contributed by atoms with Crippen molar-refractivity contribution in [2.45, 2.75) is 33.7 Å². The number of hydrogen-bond acceptors (Lipinski definition) is 5. The van der Waals surface area contributed by atoms with E-state index in [2.05, 4.69) is 21.8 Å². The van der Waals surface area contributed by atoms with Crippen LogP contribution in [-0.4, -0.2) is 30.1 Å². The van der Waals surface area contributed by atoms with E-state index in [1.807, 2.05) is 40.0 Å². The fourth-order valence-electron chi connectivity index (χ4n) is 2.52. The molecule has 0 saturated carbocycles. The van der Waals surface area contributed by atoms with Gasteiger partial charge in [-0.15, -0.1) is 0 Å². The predicted octanol–water partition coefficient (Wildman–Crippen LogP) is 3.39. The van der Waals surface area contributed by atoms with Gasteiger partial charge in [-0.25, -0.2) is 14.8 Å². The molecule has 0 saturated heterocycles. The Kier molecular flexibility index (Phi) is 4.98. The van der Waals surface area contributed by atoms with Crippen LogP contribution in [0.2, 0.25) is 0 Å². The van der Waals surface area contributed by atoms with Crippen molar-refractivity contribution in [2.75, 3.05) is 19.1 Å². The van der Waals surface area contributed by atoms with Gasteiger partial charge in [-0.3, -0.25) is 0 Å². The lowest BCUT2D eigenvalue weighted by Gasteiger charge is -2.28. The van der Waals surface area contributed by atoms with Crippen molar-refractivity contribution in [1.29, 1.82) is 0 Å². The van der Waals surface area contributed by atoms with Crippen LogP contribution in [0.3, 0.4) is 0 Å². The first-order chi connectivity index (χ1) is 10.8. The zero-order chi connectivity index (χ0) is 17.1. The molecule has 1 unspecified atom stereocenters. The molecule has 2 rings (SSSR count). The number of aryl methyl sites for hydroxylation is 2. The molecule has 1 aromatic carbocycles. The summed E-state index contributed by atoms with van der Waals surface area (Å²) in [5.74, 6) is 1.37. The molecule has 5 heteroatoms. The van der Waals surface area contributed by atoms with Crippen molar-refractivity contribution < 1.29 is 9.53 Å². The van der Waals surface area contributed by atoms with Crippen LogP contribution < -0.4 is 4.90 Å². The third-order valence-corrected chi connectivity index (χ3v) is 4.20. The molecule has 2 aromatic rings. The van der Waals surface area contributed by atoms with Crippen LogP contribution in [0.5, 0.6) is 0 Å². The van der Waals surface area contributed by atoms with Gasteiger partial charge in [0.2, 0.25) is 0 Å². The molecular formula is C18H23N3O2. The fraction of sp³-hybridized carbons (Fsp3) is 0.389. The maximum absolute atomic E-state index is 11.5. The summed E-state index contributed by atoms with van der Waals surface area (Å²) in [4.78, 5) is 22.6. The van der Waals surface area contributed by atoms with Gasteiger partial charge in [0.15, 0.2) is 0 Å². The van der Waals surface area contributed by atoms with Gasteiger partial charge in [0, 0.05) is 18.3 Å². The van der Waals surface area contributed by atoms with E-state index in [0.29, 0.717) is 5.56 Å². The summed E-state index contributed by atoms with van der Waals surface area (Å²) in [5, 5.41) is 0. The van der Waals surface area contributed by atoms with Gasteiger partial charge < -0.3 is 9.64 Å². The highest BCUT2D eigenvalue weighted by Crippen LogP contribution is 2.27. The highest BCUT2D eigenvalue weighted by Gasteiger charge is 2.18. The Bertz CT molecular complexity index is 711. The van der Waals surface area contributed by atoms with Crippen molar-refractivity contribution in [3.63, 3.8) is 0 Å². The van der Waals surface area contributed by atoms with Crippen LogP contribution in [0.4, 0.5) is 5.82 Å². The molecular weight excluding hydrogens is 290 g/mol. The number of carbonyl (C=O) groups is 1. The molecule has 0 aliphatic heterocycles. The summed E-state index contributed by atoms with van der Waals surface area (Å²) >= 11 is 0. The van der Waals surface area contributed by atoms with Gasteiger partial charge in [-0.1, -0.05) is 12.1 Å². The molecule has 0 aliphatic carbocycles. The molecule has 1 atom stereocenters. The van der Waals surface area contributed by atoms with E-state index in [1.54, 1.807) is 12.1 Å². The Hall–Kier alpha value is -2.43. The second kappa shape index (κ2) is 6.77. The first kappa shape index (κ1) is 16.9. The lowest BCUT2D eigenvalue weighted by Crippen LogP contribution is -2.24. The Balaban J connectivity index is 2.29. The zero-order valence-corrected chi connectivity index (χ0v) is 14.5. The largest absolute Gasteiger partial charge is 0.465 e. The fourth-order valence-corrected chi connectivity index (χ4v) is 2.52. The van der Waals surface area contributed by atoms with Crippen molar-refractivity contribution in [1.82, 2.24) is 9.97 Å². The second-order valence-electron chi connectivity index (χ2n) is 5.71. The number of rotatable bonds is 4. The molecule has 23 heavy (non-hydrogen) atoms. The minimum Gasteiger partial charge on any atom is -0.465 e. The average Bonchev–Trinajstić information content (AvgIpc) is 2.56. The number of esters is 1. The molecule has 5 nitrogen and oxygen atoms in total. The summed E-state index contributed by atoms with van der Waals surface area (Å²) in [6.07, 6.45) is 0. The Morgan fingerprint density at radius 2 is 1.74 bits per heavy atom. The number of methoxy groups -OCH3 is 1. The third kappa shape index (κ3) is 3.50. The lowest BCUT2D eigenvalue weighted by molar-refractivity contribution is 0.0600. The molecule has 0 spiro atoms. The minimum atomic E-state index is -0.324. The number of aromatic nitrogens is 2. The van der Waals surface area contributed by atoms with Crippen molar-refractivity contribution in [2.24, 2.45) is 0 Å². The van der Waals surface area contributed by atoms with Gasteiger partial charge in [-0.05, 0) is 45.4 Å². The quantitative estimate of drug-likeness (QED) is 0.810. The number of hydrogen-bond donors (Lipinski definition) is 0.